The van der Waals surface area contributed by atoms with E-state index in [1.54, 1.807) is 38.1 Å². The Morgan fingerprint density at radius 3 is 1.79 bits per heavy atom. The van der Waals surface area contributed by atoms with Crippen molar-refractivity contribution in [1.29, 1.82) is 0 Å². The maximum Gasteiger partial charge on any atom is 0.262 e. The van der Waals surface area contributed by atoms with Crippen molar-refractivity contribution in [1.82, 2.24) is 0 Å². The molecule has 0 unspecified atom stereocenters. The van der Waals surface area contributed by atoms with Crippen molar-refractivity contribution in [2.45, 2.75) is 23.6 Å². The molecule has 0 saturated heterocycles. The second kappa shape index (κ2) is 10.8. The standard InChI is InChI=1S/C27H26ClN3O6S2/c1-27(2,17-28)26(33)29-18-13-15-19(16-14-18)30-38(34,35)24-11-5-8-21-20(24)7-6-12-25(21)39(36,37)31-22-9-3-4-10-23(22)32/h3-16,30-32H,17H2,1-2H3,(H,29,33). The van der Waals surface area contributed by atoms with Crippen LogP contribution in [0.1, 0.15) is 13.8 Å². The maximum absolute atomic E-state index is 13.4. The van der Waals surface area contributed by atoms with Gasteiger partial charge in [0, 0.05) is 28.0 Å². The molecule has 204 valence electrons. The average molecular weight is 588 g/mol. The van der Waals surface area contributed by atoms with E-state index in [1.807, 2.05) is 0 Å². The molecule has 4 N–H and O–H groups in total. The molecule has 4 aromatic carbocycles. The van der Waals surface area contributed by atoms with Crippen LogP contribution in [-0.4, -0.2) is 33.7 Å². The van der Waals surface area contributed by atoms with Gasteiger partial charge >= 0.3 is 0 Å². The van der Waals surface area contributed by atoms with Crippen molar-refractivity contribution in [2.24, 2.45) is 5.41 Å². The number of para-hydroxylation sites is 2. The first-order chi connectivity index (χ1) is 18.3. The summed E-state index contributed by atoms with van der Waals surface area (Å²) >= 11 is 5.84. The van der Waals surface area contributed by atoms with E-state index in [9.17, 15) is 26.7 Å². The first-order valence-electron chi connectivity index (χ1n) is 11.7. The number of sulfonamides is 2. The van der Waals surface area contributed by atoms with Crippen LogP contribution in [0, 0.1) is 5.41 Å². The lowest BCUT2D eigenvalue weighted by Gasteiger charge is -2.20. The van der Waals surface area contributed by atoms with Crippen LogP contribution >= 0.6 is 11.6 Å². The zero-order valence-corrected chi connectivity index (χ0v) is 23.4. The Morgan fingerprint density at radius 1 is 0.744 bits per heavy atom. The number of phenolic OH excluding ortho intramolecular Hbond substituents is 1. The van der Waals surface area contributed by atoms with Gasteiger partial charge in [-0.1, -0.05) is 36.4 Å². The van der Waals surface area contributed by atoms with E-state index in [4.69, 9.17) is 11.6 Å². The molecule has 0 spiro atoms. The molecule has 0 heterocycles. The summed E-state index contributed by atoms with van der Waals surface area (Å²) in [7, 11) is -8.32. The van der Waals surface area contributed by atoms with Gasteiger partial charge in [0.1, 0.15) is 5.75 Å². The lowest BCUT2D eigenvalue weighted by atomic mass is 9.95. The van der Waals surface area contributed by atoms with E-state index in [1.165, 1.54) is 60.7 Å². The number of hydrogen-bond acceptors (Lipinski definition) is 6. The van der Waals surface area contributed by atoms with Gasteiger partial charge in [-0.05, 0) is 62.4 Å². The largest absolute Gasteiger partial charge is 0.506 e. The highest BCUT2D eigenvalue weighted by Crippen LogP contribution is 2.32. The second-order valence-electron chi connectivity index (χ2n) is 9.38. The predicted octanol–water partition coefficient (Wildman–Crippen LogP) is 5.35. The topological polar surface area (TPSA) is 142 Å². The molecule has 0 fully saturated rings. The number of phenols is 1. The quantitative estimate of drug-likeness (QED) is 0.154. The van der Waals surface area contributed by atoms with Crippen LogP contribution in [0.15, 0.2) is 94.7 Å². The summed E-state index contributed by atoms with van der Waals surface area (Å²) in [6.07, 6.45) is 0. The van der Waals surface area contributed by atoms with Gasteiger partial charge in [-0.2, -0.15) is 0 Å². The van der Waals surface area contributed by atoms with Gasteiger partial charge in [0.2, 0.25) is 5.91 Å². The third-order valence-electron chi connectivity index (χ3n) is 5.91. The molecule has 0 aliphatic carbocycles. The van der Waals surface area contributed by atoms with Crippen LogP contribution < -0.4 is 14.8 Å². The van der Waals surface area contributed by atoms with Crippen LogP contribution in [0.4, 0.5) is 17.1 Å². The Kier molecular flexibility index (Phi) is 7.78. The molecule has 0 aromatic heterocycles. The van der Waals surface area contributed by atoms with Gasteiger partial charge < -0.3 is 10.4 Å². The molecule has 0 bridgehead atoms. The number of carbonyl (C=O) groups excluding carboxylic acids is 1. The fraction of sp³-hybridized carbons (Fsp3) is 0.148. The summed E-state index contributed by atoms with van der Waals surface area (Å²) < 4.78 is 57.9. The third kappa shape index (κ3) is 6.11. The summed E-state index contributed by atoms with van der Waals surface area (Å²) in [4.78, 5) is 12.1. The van der Waals surface area contributed by atoms with E-state index in [-0.39, 0.29) is 49.5 Å². The SMILES string of the molecule is CC(C)(CCl)C(=O)Nc1ccc(NS(=O)(=O)c2cccc3c(S(=O)(=O)Nc4ccccc4O)cccc23)cc1. The normalized spacial score (nSPS) is 12.2. The van der Waals surface area contributed by atoms with Crippen LogP contribution in [0.2, 0.25) is 0 Å². The number of fused-ring (bicyclic) bond motifs is 1. The van der Waals surface area contributed by atoms with Crippen LogP contribution in [0.5, 0.6) is 5.75 Å². The number of hydrogen-bond donors (Lipinski definition) is 4. The zero-order chi connectivity index (χ0) is 28.4. The highest BCUT2D eigenvalue weighted by atomic mass is 35.5. The van der Waals surface area contributed by atoms with Gasteiger partial charge in [0.15, 0.2) is 0 Å². The van der Waals surface area contributed by atoms with E-state index >= 15 is 0 Å². The summed E-state index contributed by atoms with van der Waals surface area (Å²) in [6.45, 7) is 3.42. The third-order valence-corrected chi connectivity index (χ3v) is 9.44. The van der Waals surface area contributed by atoms with Crippen molar-refractivity contribution < 1.29 is 26.7 Å². The minimum absolute atomic E-state index is 0.00852. The summed E-state index contributed by atoms with van der Waals surface area (Å²) in [5.74, 6) is -0.387. The highest BCUT2D eigenvalue weighted by molar-refractivity contribution is 7.93. The van der Waals surface area contributed by atoms with Gasteiger partial charge in [-0.15, -0.1) is 11.6 Å². The number of anilines is 3. The molecule has 12 heteroatoms. The number of rotatable bonds is 9. The molecule has 9 nitrogen and oxygen atoms in total. The molecule has 4 aromatic rings. The molecular weight excluding hydrogens is 562 g/mol. The number of halogens is 1. The number of carbonyl (C=O) groups is 1. The van der Waals surface area contributed by atoms with Crippen molar-refractivity contribution in [3.05, 3.63) is 84.9 Å². The Labute approximate surface area is 231 Å². The summed E-state index contributed by atoms with van der Waals surface area (Å²) in [5.41, 5.74) is -0.0741. The first kappa shape index (κ1) is 28.2. The van der Waals surface area contributed by atoms with Crippen molar-refractivity contribution >= 4 is 65.4 Å². The number of benzene rings is 4. The van der Waals surface area contributed by atoms with Gasteiger partial charge in [-0.25, -0.2) is 16.8 Å². The Hall–Kier alpha value is -3.80. The first-order valence-corrected chi connectivity index (χ1v) is 15.2. The Morgan fingerprint density at radius 2 is 1.26 bits per heavy atom. The van der Waals surface area contributed by atoms with Crippen molar-refractivity contribution in [3.63, 3.8) is 0 Å². The Balaban J connectivity index is 1.63. The fourth-order valence-corrected chi connectivity index (χ4v) is 6.37. The summed E-state index contributed by atoms with van der Waals surface area (Å²) in [5, 5.41) is 13.1. The predicted molar refractivity (Wildman–Crippen MR) is 153 cm³/mol. The number of aromatic hydroxyl groups is 1. The number of alkyl halides is 1. The van der Waals surface area contributed by atoms with Crippen molar-refractivity contribution in [2.75, 3.05) is 20.6 Å². The molecule has 39 heavy (non-hydrogen) atoms. The monoisotopic (exact) mass is 587 g/mol. The van der Waals surface area contributed by atoms with Gasteiger partial charge in [0.25, 0.3) is 20.0 Å². The van der Waals surface area contributed by atoms with Crippen LogP contribution in [0.3, 0.4) is 0 Å². The minimum atomic E-state index is -4.18. The average Bonchev–Trinajstić information content (AvgIpc) is 2.90. The van der Waals surface area contributed by atoms with E-state index in [0.717, 1.165) is 0 Å². The number of amides is 1. The highest BCUT2D eigenvalue weighted by Gasteiger charge is 2.27. The molecule has 1 amide bonds. The molecule has 0 aliphatic heterocycles. The lowest BCUT2D eigenvalue weighted by molar-refractivity contribution is -0.122. The molecule has 0 atom stereocenters. The zero-order valence-electron chi connectivity index (χ0n) is 21.0. The Bertz CT molecular complexity index is 1760. The van der Waals surface area contributed by atoms with E-state index < -0.39 is 25.5 Å². The number of nitrogens with one attached hydrogen (secondary N) is 3. The molecule has 4 rings (SSSR count). The molecule has 0 radical (unpaired) electrons. The molecule has 0 aliphatic rings. The van der Waals surface area contributed by atoms with Gasteiger partial charge in [0.05, 0.1) is 20.9 Å². The smallest absolute Gasteiger partial charge is 0.262 e. The molecular formula is C27H26ClN3O6S2. The van der Waals surface area contributed by atoms with E-state index in [2.05, 4.69) is 14.8 Å². The van der Waals surface area contributed by atoms with Crippen LogP contribution in [0.25, 0.3) is 10.8 Å². The molecule has 0 saturated carbocycles. The van der Waals surface area contributed by atoms with Crippen LogP contribution in [-0.2, 0) is 24.8 Å². The fourth-order valence-electron chi connectivity index (χ4n) is 3.67. The summed E-state index contributed by atoms with van der Waals surface area (Å²) in [6, 6.07) is 20.6. The van der Waals surface area contributed by atoms with Crippen molar-refractivity contribution in [3.8, 4) is 5.75 Å². The van der Waals surface area contributed by atoms with Gasteiger partial charge in [-0.3, -0.25) is 14.2 Å². The lowest BCUT2D eigenvalue weighted by Crippen LogP contribution is -2.32. The second-order valence-corrected chi connectivity index (χ2v) is 13.0. The van der Waals surface area contributed by atoms with E-state index in [0.29, 0.717) is 5.69 Å². The minimum Gasteiger partial charge on any atom is -0.506 e. The maximum atomic E-state index is 13.4.